The first-order chi connectivity index (χ1) is 18.9. The Morgan fingerprint density at radius 2 is 1.15 bits per heavy atom. The second-order valence-corrected chi connectivity index (χ2v) is 10.0. The molecular formula is C31H42N2O6. The zero-order valence-electron chi connectivity index (χ0n) is 23.1. The van der Waals surface area contributed by atoms with Crippen LogP contribution in [0.2, 0.25) is 0 Å². The van der Waals surface area contributed by atoms with Crippen LogP contribution in [-0.2, 0) is 0 Å². The average molecular weight is 539 g/mol. The molecule has 8 nitrogen and oxygen atoms in total. The molecule has 2 rings (SSSR count). The Kier molecular flexibility index (Phi) is 14.5. The van der Waals surface area contributed by atoms with Gasteiger partial charge >= 0.3 is 5.97 Å². The minimum absolute atomic E-state index is 0.0642. The van der Waals surface area contributed by atoms with E-state index in [2.05, 4.69) is 6.92 Å². The highest BCUT2D eigenvalue weighted by Gasteiger charge is 2.27. The number of non-ortho nitro benzene ring substituents is 1. The minimum Gasteiger partial charge on any atom is -0.478 e. The van der Waals surface area contributed by atoms with Crippen LogP contribution in [0.15, 0.2) is 48.5 Å². The molecular weight excluding hydrogens is 496 g/mol. The SMILES string of the molecule is CCCCCCCCCCCCCCCCN(C(=O)c1ccc([N+](=O)[O-])cc1)C(=O)c1ccccc1C(=O)O. The molecule has 0 aliphatic rings. The maximum absolute atomic E-state index is 13.4. The smallest absolute Gasteiger partial charge is 0.336 e. The Hall–Kier alpha value is -3.55. The van der Waals surface area contributed by atoms with Gasteiger partial charge in [-0.2, -0.15) is 0 Å². The summed E-state index contributed by atoms with van der Waals surface area (Å²) in [7, 11) is 0. The van der Waals surface area contributed by atoms with Crippen molar-refractivity contribution in [3.63, 3.8) is 0 Å². The lowest BCUT2D eigenvalue weighted by molar-refractivity contribution is -0.384. The quantitative estimate of drug-likeness (QED) is 0.0836. The lowest BCUT2D eigenvalue weighted by Gasteiger charge is -2.22. The molecule has 0 saturated carbocycles. The molecule has 2 amide bonds. The highest BCUT2D eigenvalue weighted by Crippen LogP contribution is 2.19. The number of aromatic carboxylic acids is 1. The van der Waals surface area contributed by atoms with E-state index in [1.807, 2.05) is 0 Å². The normalized spacial score (nSPS) is 10.8. The van der Waals surface area contributed by atoms with E-state index in [4.69, 9.17) is 0 Å². The molecule has 0 atom stereocenters. The van der Waals surface area contributed by atoms with Crippen molar-refractivity contribution in [3.05, 3.63) is 75.3 Å². The Bertz CT molecular complexity index is 1070. The molecule has 0 heterocycles. The van der Waals surface area contributed by atoms with E-state index in [0.29, 0.717) is 6.42 Å². The van der Waals surface area contributed by atoms with Gasteiger partial charge in [0.2, 0.25) is 0 Å². The highest BCUT2D eigenvalue weighted by atomic mass is 16.6. The maximum atomic E-state index is 13.4. The molecule has 0 unspecified atom stereocenters. The number of amides is 2. The van der Waals surface area contributed by atoms with Gasteiger partial charge in [-0.05, 0) is 30.7 Å². The van der Waals surface area contributed by atoms with E-state index in [1.165, 1.54) is 107 Å². The number of nitrogens with zero attached hydrogens (tertiary/aromatic N) is 2. The lowest BCUT2D eigenvalue weighted by Crippen LogP contribution is -2.38. The fraction of sp³-hybridized carbons (Fsp3) is 0.516. The van der Waals surface area contributed by atoms with Gasteiger partial charge in [-0.25, -0.2) is 4.79 Å². The summed E-state index contributed by atoms with van der Waals surface area (Å²) in [6, 6.07) is 10.9. The van der Waals surface area contributed by atoms with Crippen LogP contribution in [0.3, 0.4) is 0 Å². The summed E-state index contributed by atoms with van der Waals surface area (Å²) < 4.78 is 0. The van der Waals surface area contributed by atoms with Crippen LogP contribution in [0, 0.1) is 10.1 Å². The predicted octanol–water partition coefficient (Wildman–Crippen LogP) is 8.06. The van der Waals surface area contributed by atoms with Crippen LogP contribution in [0.25, 0.3) is 0 Å². The van der Waals surface area contributed by atoms with Gasteiger partial charge in [-0.1, -0.05) is 103 Å². The van der Waals surface area contributed by atoms with Crippen molar-refractivity contribution >= 4 is 23.5 Å². The molecule has 0 spiro atoms. The van der Waals surface area contributed by atoms with Crippen molar-refractivity contribution in [1.29, 1.82) is 0 Å². The molecule has 1 N–H and O–H groups in total. The summed E-state index contributed by atoms with van der Waals surface area (Å²) in [6.45, 7) is 2.37. The van der Waals surface area contributed by atoms with Gasteiger partial charge in [0.15, 0.2) is 0 Å². The summed E-state index contributed by atoms with van der Waals surface area (Å²) in [5.74, 6) is -2.55. The molecule has 0 fully saturated rings. The van der Waals surface area contributed by atoms with Gasteiger partial charge in [0, 0.05) is 24.2 Å². The van der Waals surface area contributed by atoms with Crippen molar-refractivity contribution in [2.75, 3.05) is 6.54 Å². The first kappa shape index (κ1) is 31.7. The number of carboxylic acid groups (broad SMARTS) is 1. The predicted molar refractivity (Wildman–Crippen MR) is 152 cm³/mol. The van der Waals surface area contributed by atoms with Crippen LogP contribution in [-0.4, -0.2) is 39.3 Å². The zero-order valence-corrected chi connectivity index (χ0v) is 23.1. The van der Waals surface area contributed by atoms with Crippen molar-refractivity contribution in [2.45, 2.75) is 96.8 Å². The van der Waals surface area contributed by atoms with E-state index >= 15 is 0 Å². The molecule has 0 aliphatic carbocycles. The summed E-state index contributed by atoms with van der Waals surface area (Å²) in [5.41, 5.74) is -0.268. The van der Waals surface area contributed by atoms with E-state index in [1.54, 1.807) is 6.07 Å². The van der Waals surface area contributed by atoms with Crippen molar-refractivity contribution in [1.82, 2.24) is 4.90 Å². The van der Waals surface area contributed by atoms with E-state index in [-0.39, 0.29) is 28.9 Å². The van der Waals surface area contributed by atoms with Crippen LogP contribution in [0.4, 0.5) is 5.69 Å². The number of nitro benzene ring substituents is 1. The Morgan fingerprint density at radius 1 is 0.692 bits per heavy atom. The Balaban J connectivity index is 1.88. The topological polar surface area (TPSA) is 118 Å². The third-order valence-corrected chi connectivity index (χ3v) is 6.94. The molecule has 39 heavy (non-hydrogen) atoms. The fourth-order valence-electron chi connectivity index (χ4n) is 4.64. The number of hydrogen-bond acceptors (Lipinski definition) is 5. The molecule has 2 aromatic rings. The Morgan fingerprint density at radius 3 is 1.62 bits per heavy atom. The molecule has 212 valence electrons. The summed E-state index contributed by atoms with van der Waals surface area (Å²) in [4.78, 5) is 49.8. The number of imide groups is 1. The van der Waals surface area contributed by atoms with Gasteiger partial charge in [0.05, 0.1) is 16.1 Å². The number of nitro groups is 1. The zero-order chi connectivity index (χ0) is 28.5. The third kappa shape index (κ3) is 11.0. The van der Waals surface area contributed by atoms with Crippen molar-refractivity contribution in [2.24, 2.45) is 0 Å². The van der Waals surface area contributed by atoms with E-state index < -0.39 is 22.7 Å². The monoisotopic (exact) mass is 538 g/mol. The van der Waals surface area contributed by atoms with Gasteiger partial charge in [0.1, 0.15) is 0 Å². The number of benzene rings is 2. The summed E-state index contributed by atoms with van der Waals surface area (Å²) in [5, 5.41) is 20.5. The van der Waals surface area contributed by atoms with Crippen LogP contribution in [0.5, 0.6) is 0 Å². The highest BCUT2D eigenvalue weighted by molar-refractivity contribution is 6.13. The maximum Gasteiger partial charge on any atom is 0.336 e. The second kappa shape index (κ2) is 17.9. The first-order valence-corrected chi connectivity index (χ1v) is 14.3. The number of rotatable bonds is 19. The standard InChI is InChI=1S/C31H42N2O6/c1-2-3-4-5-6-7-8-9-10-11-12-13-14-17-24-32(29(34)25-20-22-26(23-21-25)33(38)39)30(35)27-18-15-16-19-28(27)31(36)37/h15-16,18-23H,2-14,17,24H2,1H3,(H,36,37). The average Bonchev–Trinajstić information content (AvgIpc) is 2.94. The number of hydrogen-bond donors (Lipinski definition) is 1. The van der Waals surface area contributed by atoms with Gasteiger partial charge < -0.3 is 5.11 Å². The largest absolute Gasteiger partial charge is 0.478 e. The first-order valence-electron chi connectivity index (χ1n) is 14.3. The molecule has 0 saturated heterocycles. The van der Waals surface area contributed by atoms with Gasteiger partial charge in [0.25, 0.3) is 17.5 Å². The van der Waals surface area contributed by atoms with E-state index in [0.717, 1.165) is 24.2 Å². The van der Waals surface area contributed by atoms with Crippen molar-refractivity contribution in [3.8, 4) is 0 Å². The lowest BCUT2D eigenvalue weighted by atomic mass is 10.0. The van der Waals surface area contributed by atoms with Gasteiger partial charge in [-0.3, -0.25) is 24.6 Å². The number of carbonyl (C=O) groups excluding carboxylic acids is 2. The van der Waals surface area contributed by atoms with Gasteiger partial charge in [-0.15, -0.1) is 0 Å². The van der Waals surface area contributed by atoms with E-state index in [9.17, 15) is 29.6 Å². The second-order valence-electron chi connectivity index (χ2n) is 10.0. The molecule has 2 aromatic carbocycles. The number of carbonyl (C=O) groups is 3. The molecule has 0 radical (unpaired) electrons. The summed E-state index contributed by atoms with van der Waals surface area (Å²) in [6.07, 6.45) is 16.5. The van der Waals surface area contributed by atoms with Crippen LogP contribution in [0.1, 0.15) is 128 Å². The number of unbranched alkanes of at least 4 members (excludes halogenated alkanes) is 13. The molecule has 0 aromatic heterocycles. The third-order valence-electron chi connectivity index (χ3n) is 6.94. The van der Waals surface area contributed by atoms with Crippen molar-refractivity contribution < 1.29 is 24.4 Å². The molecule has 8 heteroatoms. The van der Waals surface area contributed by atoms with Crippen LogP contribution < -0.4 is 0 Å². The summed E-state index contributed by atoms with van der Waals surface area (Å²) >= 11 is 0. The minimum atomic E-state index is -1.25. The molecule has 0 bridgehead atoms. The van der Waals surface area contributed by atoms with Crippen LogP contribution >= 0.6 is 0 Å². The number of carboxylic acids is 1. The fourth-order valence-corrected chi connectivity index (χ4v) is 4.64. The molecule has 0 aliphatic heterocycles. The Labute approximate surface area is 231 Å².